The van der Waals surface area contributed by atoms with Gasteiger partial charge in [-0.25, -0.2) is 0 Å². The Morgan fingerprint density at radius 1 is 1.11 bits per heavy atom. The van der Waals surface area contributed by atoms with Crippen LogP contribution < -0.4 is 10.1 Å². The molecule has 1 N–H and O–H groups in total. The third kappa shape index (κ3) is 5.67. The van der Waals surface area contributed by atoms with Crippen molar-refractivity contribution in [3.8, 4) is 17.1 Å². The molecular weight excluding hydrogens is 342 g/mol. The fraction of sp³-hybridized carbons (Fsp3) is 0.286. The Balaban J connectivity index is 1.44. The third-order valence-electron chi connectivity index (χ3n) is 3.85. The number of nitrogens with zero attached hydrogens (tertiary/aromatic N) is 2. The first kappa shape index (κ1) is 18.6. The number of ether oxygens (including phenoxy) is 1. The summed E-state index contributed by atoms with van der Waals surface area (Å²) < 4.78 is 10.8. The van der Waals surface area contributed by atoms with E-state index in [4.69, 9.17) is 9.26 Å². The van der Waals surface area contributed by atoms with E-state index in [-0.39, 0.29) is 12.0 Å². The van der Waals surface area contributed by atoms with Crippen LogP contribution in [0.1, 0.15) is 31.7 Å². The lowest BCUT2D eigenvalue weighted by Gasteiger charge is -2.10. The Bertz CT molecular complexity index is 858. The number of carbonyl (C=O) groups is 1. The highest BCUT2D eigenvalue weighted by atomic mass is 16.5. The van der Waals surface area contributed by atoms with E-state index in [0.29, 0.717) is 31.1 Å². The van der Waals surface area contributed by atoms with Gasteiger partial charge >= 0.3 is 0 Å². The van der Waals surface area contributed by atoms with Gasteiger partial charge in [-0.05, 0) is 31.5 Å². The summed E-state index contributed by atoms with van der Waals surface area (Å²) in [6.45, 7) is 4.45. The SMILES string of the molecule is CC(C)Oc1ccc(CNC(=O)CCc2nc(-c3ccccc3)no2)cc1. The van der Waals surface area contributed by atoms with Crippen molar-refractivity contribution in [2.45, 2.75) is 39.3 Å². The molecule has 27 heavy (non-hydrogen) atoms. The zero-order valence-electron chi connectivity index (χ0n) is 15.5. The van der Waals surface area contributed by atoms with Gasteiger partial charge in [0, 0.05) is 24.9 Å². The van der Waals surface area contributed by atoms with E-state index in [1.807, 2.05) is 68.4 Å². The minimum Gasteiger partial charge on any atom is -0.491 e. The number of hydrogen-bond acceptors (Lipinski definition) is 5. The summed E-state index contributed by atoms with van der Waals surface area (Å²) in [4.78, 5) is 16.4. The maximum Gasteiger partial charge on any atom is 0.227 e. The number of carbonyl (C=O) groups excluding carboxylic acids is 1. The smallest absolute Gasteiger partial charge is 0.227 e. The highest BCUT2D eigenvalue weighted by Gasteiger charge is 2.10. The summed E-state index contributed by atoms with van der Waals surface area (Å²) in [7, 11) is 0. The van der Waals surface area contributed by atoms with Crippen LogP contribution in [0.25, 0.3) is 11.4 Å². The Morgan fingerprint density at radius 3 is 2.56 bits per heavy atom. The van der Waals surface area contributed by atoms with Crippen LogP contribution in [-0.4, -0.2) is 22.2 Å². The van der Waals surface area contributed by atoms with Crippen molar-refractivity contribution in [1.29, 1.82) is 0 Å². The molecule has 0 aliphatic carbocycles. The molecule has 3 aromatic rings. The Morgan fingerprint density at radius 2 is 1.85 bits per heavy atom. The molecule has 1 heterocycles. The Hall–Kier alpha value is -3.15. The van der Waals surface area contributed by atoms with Crippen LogP contribution >= 0.6 is 0 Å². The maximum atomic E-state index is 12.1. The number of amides is 1. The molecule has 6 heteroatoms. The summed E-state index contributed by atoms with van der Waals surface area (Å²) in [5, 5.41) is 6.86. The largest absolute Gasteiger partial charge is 0.491 e. The molecule has 0 aliphatic heterocycles. The first-order valence-corrected chi connectivity index (χ1v) is 9.00. The van der Waals surface area contributed by atoms with Gasteiger partial charge in [-0.15, -0.1) is 0 Å². The van der Waals surface area contributed by atoms with Crippen LogP contribution in [0, 0.1) is 0 Å². The van der Waals surface area contributed by atoms with E-state index in [1.54, 1.807) is 0 Å². The number of hydrogen-bond donors (Lipinski definition) is 1. The highest BCUT2D eigenvalue weighted by molar-refractivity contribution is 5.76. The lowest BCUT2D eigenvalue weighted by molar-refractivity contribution is -0.121. The van der Waals surface area contributed by atoms with Crippen molar-refractivity contribution < 1.29 is 14.1 Å². The van der Waals surface area contributed by atoms with E-state index in [2.05, 4.69) is 15.5 Å². The molecule has 140 valence electrons. The van der Waals surface area contributed by atoms with Gasteiger partial charge in [-0.3, -0.25) is 4.79 Å². The summed E-state index contributed by atoms with van der Waals surface area (Å²) in [6.07, 6.45) is 0.848. The standard InChI is InChI=1S/C21H23N3O3/c1-15(2)26-18-10-8-16(9-11-18)14-22-19(25)12-13-20-23-21(24-27-20)17-6-4-3-5-7-17/h3-11,15H,12-14H2,1-2H3,(H,22,25). The molecule has 0 saturated heterocycles. The van der Waals surface area contributed by atoms with Crippen LogP contribution in [0.2, 0.25) is 0 Å². The summed E-state index contributed by atoms with van der Waals surface area (Å²) in [5.74, 6) is 1.76. The normalized spacial score (nSPS) is 10.8. The van der Waals surface area contributed by atoms with Gasteiger partial charge in [0.05, 0.1) is 6.10 Å². The molecule has 0 spiro atoms. The van der Waals surface area contributed by atoms with E-state index >= 15 is 0 Å². The second-order valence-electron chi connectivity index (χ2n) is 6.47. The molecule has 6 nitrogen and oxygen atoms in total. The predicted octanol–water partition coefficient (Wildman–Crippen LogP) is 3.77. The molecule has 0 bridgehead atoms. The van der Waals surface area contributed by atoms with Crippen molar-refractivity contribution in [3.63, 3.8) is 0 Å². The Labute approximate surface area is 158 Å². The lowest BCUT2D eigenvalue weighted by Crippen LogP contribution is -2.23. The van der Waals surface area contributed by atoms with E-state index in [9.17, 15) is 4.79 Å². The van der Waals surface area contributed by atoms with Gasteiger partial charge < -0.3 is 14.6 Å². The van der Waals surface area contributed by atoms with Gasteiger partial charge in [-0.2, -0.15) is 4.98 Å². The Kier molecular flexibility index (Phi) is 6.20. The van der Waals surface area contributed by atoms with Crippen molar-refractivity contribution in [2.24, 2.45) is 0 Å². The molecule has 0 radical (unpaired) electrons. The van der Waals surface area contributed by atoms with Crippen molar-refractivity contribution in [1.82, 2.24) is 15.5 Å². The number of nitrogens with one attached hydrogen (secondary N) is 1. The van der Waals surface area contributed by atoms with Gasteiger partial charge in [0.25, 0.3) is 0 Å². The number of benzene rings is 2. The second-order valence-corrected chi connectivity index (χ2v) is 6.47. The second kappa shape index (κ2) is 8.98. The van der Waals surface area contributed by atoms with Gasteiger partial charge in [0.15, 0.2) is 0 Å². The van der Waals surface area contributed by atoms with Gasteiger partial charge in [0.1, 0.15) is 5.75 Å². The van der Waals surface area contributed by atoms with E-state index in [0.717, 1.165) is 16.9 Å². The molecule has 0 saturated carbocycles. The molecule has 2 aromatic carbocycles. The fourth-order valence-corrected chi connectivity index (χ4v) is 2.53. The molecular formula is C21H23N3O3. The van der Waals surface area contributed by atoms with E-state index in [1.165, 1.54) is 0 Å². The summed E-state index contributed by atoms with van der Waals surface area (Å²) in [6, 6.07) is 17.3. The predicted molar refractivity (Wildman–Crippen MR) is 102 cm³/mol. The van der Waals surface area contributed by atoms with Gasteiger partial charge in [-0.1, -0.05) is 47.6 Å². The van der Waals surface area contributed by atoms with Crippen molar-refractivity contribution in [2.75, 3.05) is 0 Å². The number of aryl methyl sites for hydroxylation is 1. The minimum atomic E-state index is -0.0584. The molecule has 3 rings (SSSR count). The molecule has 0 atom stereocenters. The van der Waals surface area contributed by atoms with Crippen LogP contribution in [0.4, 0.5) is 0 Å². The average molecular weight is 365 g/mol. The number of rotatable bonds is 8. The molecule has 0 unspecified atom stereocenters. The molecule has 0 fully saturated rings. The quantitative estimate of drug-likeness (QED) is 0.657. The first-order valence-electron chi connectivity index (χ1n) is 9.00. The maximum absolute atomic E-state index is 12.1. The van der Waals surface area contributed by atoms with Crippen molar-refractivity contribution >= 4 is 5.91 Å². The fourth-order valence-electron chi connectivity index (χ4n) is 2.53. The molecule has 0 aliphatic rings. The monoisotopic (exact) mass is 365 g/mol. The minimum absolute atomic E-state index is 0.0584. The van der Waals surface area contributed by atoms with Crippen LogP contribution in [0.3, 0.4) is 0 Å². The lowest BCUT2D eigenvalue weighted by atomic mass is 10.2. The first-order chi connectivity index (χ1) is 13.1. The zero-order valence-corrected chi connectivity index (χ0v) is 15.5. The summed E-state index contributed by atoms with van der Waals surface area (Å²) in [5.41, 5.74) is 1.91. The molecule has 1 amide bonds. The topological polar surface area (TPSA) is 77.2 Å². The van der Waals surface area contributed by atoms with Crippen molar-refractivity contribution in [3.05, 3.63) is 66.1 Å². The third-order valence-corrected chi connectivity index (χ3v) is 3.85. The number of aromatic nitrogens is 2. The highest BCUT2D eigenvalue weighted by Crippen LogP contribution is 2.16. The summed E-state index contributed by atoms with van der Waals surface area (Å²) >= 11 is 0. The molecule has 1 aromatic heterocycles. The van der Waals surface area contributed by atoms with Gasteiger partial charge in [0.2, 0.25) is 17.6 Å². The zero-order chi connectivity index (χ0) is 19.1. The van der Waals surface area contributed by atoms with Crippen LogP contribution in [0.15, 0.2) is 59.1 Å². The van der Waals surface area contributed by atoms with Crippen LogP contribution in [-0.2, 0) is 17.8 Å². The van der Waals surface area contributed by atoms with E-state index < -0.39 is 0 Å². The average Bonchev–Trinajstić information content (AvgIpc) is 3.15. The van der Waals surface area contributed by atoms with Crippen LogP contribution in [0.5, 0.6) is 5.75 Å².